The Morgan fingerprint density at radius 2 is 1.48 bits per heavy atom. The van der Waals surface area contributed by atoms with Crippen LogP contribution in [0.25, 0.3) is 10.9 Å². The number of fused-ring (bicyclic) bond motifs is 1. The third-order valence-electron chi connectivity index (χ3n) is 4.45. The molecule has 0 aliphatic heterocycles. The molecule has 0 spiro atoms. The van der Waals surface area contributed by atoms with Gasteiger partial charge in [0.05, 0.1) is 24.8 Å². The van der Waals surface area contributed by atoms with E-state index in [2.05, 4.69) is 39.6 Å². The number of nitrogens with zero attached hydrogens (tertiary/aromatic N) is 2. The first-order valence-corrected chi connectivity index (χ1v) is 9.03. The van der Waals surface area contributed by atoms with Crippen molar-refractivity contribution in [3.8, 4) is 0 Å². The van der Waals surface area contributed by atoms with Crippen molar-refractivity contribution < 1.29 is 4.74 Å². The molecule has 0 unspecified atom stereocenters. The van der Waals surface area contributed by atoms with E-state index in [1.807, 2.05) is 60.7 Å². The molecule has 0 saturated carbocycles. The molecule has 0 aliphatic rings. The highest BCUT2D eigenvalue weighted by Gasteiger charge is 2.14. The Kier molecular flexibility index (Phi) is 5.36. The fourth-order valence-electron chi connectivity index (χ4n) is 3.06. The first-order chi connectivity index (χ1) is 13.4. The molecule has 1 N–H and O–H groups in total. The third kappa shape index (κ3) is 4.30. The summed E-state index contributed by atoms with van der Waals surface area (Å²) in [7, 11) is 0. The van der Waals surface area contributed by atoms with E-state index < -0.39 is 0 Å². The second-order valence-corrected chi connectivity index (χ2v) is 6.35. The van der Waals surface area contributed by atoms with Crippen LogP contribution in [0.4, 0.5) is 5.82 Å². The van der Waals surface area contributed by atoms with Crippen molar-refractivity contribution >= 4 is 16.7 Å². The van der Waals surface area contributed by atoms with Crippen molar-refractivity contribution in [1.29, 1.82) is 0 Å². The minimum atomic E-state index is -0.00628. The quantitative estimate of drug-likeness (QED) is 0.507. The molecule has 1 atom stereocenters. The van der Waals surface area contributed by atoms with E-state index in [1.54, 1.807) is 6.33 Å². The van der Waals surface area contributed by atoms with E-state index in [0.29, 0.717) is 13.2 Å². The molecule has 4 rings (SSSR count). The second-order valence-electron chi connectivity index (χ2n) is 6.35. The van der Waals surface area contributed by atoms with Crippen molar-refractivity contribution in [2.45, 2.75) is 12.6 Å². The van der Waals surface area contributed by atoms with Gasteiger partial charge in [-0.3, -0.25) is 0 Å². The first-order valence-electron chi connectivity index (χ1n) is 9.03. The van der Waals surface area contributed by atoms with Crippen LogP contribution in [0, 0.1) is 0 Å². The van der Waals surface area contributed by atoms with Gasteiger partial charge in [0, 0.05) is 5.39 Å². The summed E-state index contributed by atoms with van der Waals surface area (Å²) in [6, 6.07) is 28.5. The Morgan fingerprint density at radius 3 is 2.30 bits per heavy atom. The predicted octanol–water partition coefficient (Wildman–Crippen LogP) is 5.00. The molecule has 4 heteroatoms. The SMILES string of the molecule is c1ccc(COC[C@@H](Nc2ncnc3ccccc23)c2ccccc2)cc1. The highest BCUT2D eigenvalue weighted by atomic mass is 16.5. The number of nitrogens with one attached hydrogen (secondary N) is 1. The Balaban J connectivity index is 1.54. The van der Waals surface area contributed by atoms with E-state index >= 15 is 0 Å². The molecule has 4 nitrogen and oxygen atoms in total. The number of para-hydroxylation sites is 1. The zero-order valence-electron chi connectivity index (χ0n) is 15.0. The fourth-order valence-corrected chi connectivity index (χ4v) is 3.06. The summed E-state index contributed by atoms with van der Waals surface area (Å²) in [5.74, 6) is 0.817. The van der Waals surface area contributed by atoms with Gasteiger partial charge in [-0.25, -0.2) is 9.97 Å². The van der Waals surface area contributed by atoms with Crippen LogP contribution in [-0.4, -0.2) is 16.6 Å². The van der Waals surface area contributed by atoms with Crippen molar-refractivity contribution in [3.05, 3.63) is 102 Å². The maximum atomic E-state index is 6.01. The standard InChI is InChI=1S/C23H21N3O/c1-3-9-18(10-4-1)15-27-16-22(19-11-5-2-6-12-19)26-23-20-13-7-8-14-21(20)24-17-25-23/h1-14,17,22H,15-16H2,(H,24,25,26)/t22-/m1/s1. The van der Waals surface area contributed by atoms with E-state index in [-0.39, 0.29) is 6.04 Å². The van der Waals surface area contributed by atoms with Crippen LogP contribution >= 0.6 is 0 Å². The molecule has 27 heavy (non-hydrogen) atoms. The number of aromatic nitrogens is 2. The van der Waals surface area contributed by atoms with Gasteiger partial charge in [-0.2, -0.15) is 0 Å². The lowest BCUT2D eigenvalue weighted by atomic mass is 10.1. The number of hydrogen-bond acceptors (Lipinski definition) is 4. The van der Waals surface area contributed by atoms with Gasteiger partial charge in [0.15, 0.2) is 0 Å². The van der Waals surface area contributed by atoms with Crippen LogP contribution in [0.1, 0.15) is 17.2 Å². The molecule has 0 bridgehead atoms. The maximum Gasteiger partial charge on any atom is 0.137 e. The van der Waals surface area contributed by atoms with Crippen LogP contribution in [0.3, 0.4) is 0 Å². The minimum Gasteiger partial charge on any atom is -0.374 e. The Morgan fingerprint density at radius 1 is 0.778 bits per heavy atom. The average Bonchev–Trinajstić information content (AvgIpc) is 2.74. The topological polar surface area (TPSA) is 47.0 Å². The van der Waals surface area contributed by atoms with Gasteiger partial charge in [0.1, 0.15) is 12.1 Å². The number of benzene rings is 3. The lowest BCUT2D eigenvalue weighted by molar-refractivity contribution is 0.112. The highest BCUT2D eigenvalue weighted by Crippen LogP contribution is 2.24. The van der Waals surface area contributed by atoms with Crippen molar-refractivity contribution in [1.82, 2.24) is 9.97 Å². The lowest BCUT2D eigenvalue weighted by Gasteiger charge is -2.21. The monoisotopic (exact) mass is 355 g/mol. The van der Waals surface area contributed by atoms with Gasteiger partial charge >= 0.3 is 0 Å². The molecular weight excluding hydrogens is 334 g/mol. The predicted molar refractivity (Wildman–Crippen MR) is 108 cm³/mol. The van der Waals surface area contributed by atoms with E-state index in [9.17, 15) is 0 Å². The molecule has 0 radical (unpaired) electrons. The van der Waals surface area contributed by atoms with Crippen molar-refractivity contribution in [2.75, 3.05) is 11.9 Å². The molecule has 4 aromatic rings. The van der Waals surface area contributed by atoms with Crippen LogP contribution in [-0.2, 0) is 11.3 Å². The van der Waals surface area contributed by atoms with Crippen molar-refractivity contribution in [2.24, 2.45) is 0 Å². The van der Waals surface area contributed by atoms with Gasteiger partial charge in [-0.15, -0.1) is 0 Å². The maximum absolute atomic E-state index is 6.01. The molecule has 0 amide bonds. The van der Waals surface area contributed by atoms with Gasteiger partial charge in [0.2, 0.25) is 0 Å². The van der Waals surface area contributed by atoms with Crippen LogP contribution in [0.5, 0.6) is 0 Å². The van der Waals surface area contributed by atoms with Crippen LogP contribution < -0.4 is 5.32 Å². The van der Waals surface area contributed by atoms with Crippen molar-refractivity contribution in [3.63, 3.8) is 0 Å². The number of rotatable bonds is 7. The summed E-state index contributed by atoms with van der Waals surface area (Å²) < 4.78 is 6.01. The van der Waals surface area contributed by atoms with Gasteiger partial charge in [-0.05, 0) is 23.3 Å². The third-order valence-corrected chi connectivity index (χ3v) is 4.45. The van der Waals surface area contributed by atoms with E-state index in [0.717, 1.165) is 27.8 Å². The second kappa shape index (κ2) is 8.43. The Hall–Kier alpha value is -3.24. The molecular formula is C23H21N3O. The molecule has 1 heterocycles. The summed E-state index contributed by atoms with van der Waals surface area (Å²) >= 11 is 0. The number of anilines is 1. The van der Waals surface area contributed by atoms with Gasteiger partial charge in [-0.1, -0.05) is 72.8 Å². The summed E-state index contributed by atoms with van der Waals surface area (Å²) in [6.45, 7) is 1.12. The first kappa shape index (κ1) is 17.2. The summed E-state index contributed by atoms with van der Waals surface area (Å²) in [6.07, 6.45) is 1.59. The molecule has 134 valence electrons. The van der Waals surface area contributed by atoms with E-state index in [1.165, 1.54) is 0 Å². The van der Waals surface area contributed by atoms with E-state index in [4.69, 9.17) is 4.74 Å². The molecule has 0 saturated heterocycles. The van der Waals surface area contributed by atoms with Crippen LogP contribution in [0.2, 0.25) is 0 Å². The fraction of sp³-hybridized carbons (Fsp3) is 0.130. The molecule has 0 aliphatic carbocycles. The molecule has 3 aromatic carbocycles. The Bertz CT molecular complexity index is 985. The smallest absolute Gasteiger partial charge is 0.137 e. The summed E-state index contributed by atoms with van der Waals surface area (Å²) in [5.41, 5.74) is 3.25. The zero-order valence-corrected chi connectivity index (χ0v) is 15.0. The van der Waals surface area contributed by atoms with Crippen LogP contribution in [0.15, 0.2) is 91.3 Å². The Labute approximate surface area is 158 Å². The summed E-state index contributed by atoms with van der Waals surface area (Å²) in [5, 5.41) is 4.55. The molecule has 1 aromatic heterocycles. The lowest BCUT2D eigenvalue weighted by Crippen LogP contribution is -2.18. The van der Waals surface area contributed by atoms with Gasteiger partial charge in [0.25, 0.3) is 0 Å². The number of hydrogen-bond donors (Lipinski definition) is 1. The highest BCUT2D eigenvalue weighted by molar-refractivity contribution is 5.88. The largest absolute Gasteiger partial charge is 0.374 e. The minimum absolute atomic E-state index is 0.00628. The summed E-state index contributed by atoms with van der Waals surface area (Å²) in [4.78, 5) is 8.80. The van der Waals surface area contributed by atoms with Gasteiger partial charge < -0.3 is 10.1 Å². The normalized spacial score (nSPS) is 12.0. The molecule has 0 fully saturated rings. The number of ether oxygens (including phenoxy) is 1. The zero-order chi connectivity index (χ0) is 18.3. The average molecular weight is 355 g/mol.